The van der Waals surface area contributed by atoms with Crippen LogP contribution in [0.15, 0.2) is 24.3 Å². The third-order valence-electron chi connectivity index (χ3n) is 4.48. The van der Waals surface area contributed by atoms with Gasteiger partial charge in [-0.2, -0.15) is 0 Å². The van der Waals surface area contributed by atoms with Crippen LogP contribution in [0.1, 0.15) is 36.8 Å². The standard InChI is InChI=1S/C18H28N2O/c1-15-6-3-4-8-17(15)9-10-18(21)19-12-11-16-7-5-13-20(2)14-16/h3-4,6,8,16H,5,7,9-14H2,1-2H3,(H,19,21). The van der Waals surface area contributed by atoms with Crippen molar-refractivity contribution in [2.75, 3.05) is 26.7 Å². The average molecular weight is 288 g/mol. The zero-order valence-electron chi connectivity index (χ0n) is 13.4. The van der Waals surface area contributed by atoms with Gasteiger partial charge in [-0.1, -0.05) is 24.3 Å². The molecule has 2 rings (SSSR count). The second kappa shape index (κ2) is 8.18. The largest absolute Gasteiger partial charge is 0.356 e. The molecule has 0 spiro atoms. The highest BCUT2D eigenvalue weighted by Crippen LogP contribution is 2.17. The number of benzene rings is 1. The van der Waals surface area contributed by atoms with E-state index in [0.29, 0.717) is 6.42 Å². The molecule has 0 aliphatic carbocycles. The fraction of sp³-hybridized carbons (Fsp3) is 0.611. The van der Waals surface area contributed by atoms with Crippen LogP contribution in [0.5, 0.6) is 0 Å². The number of hydrogen-bond donors (Lipinski definition) is 1. The van der Waals surface area contributed by atoms with Crippen molar-refractivity contribution in [3.63, 3.8) is 0 Å². The molecule has 1 aliphatic rings. The first kappa shape index (κ1) is 16.0. The van der Waals surface area contributed by atoms with Crippen molar-refractivity contribution in [2.24, 2.45) is 5.92 Å². The third-order valence-corrected chi connectivity index (χ3v) is 4.48. The molecule has 1 atom stereocenters. The Morgan fingerprint density at radius 3 is 2.95 bits per heavy atom. The normalized spacial score (nSPS) is 19.4. The molecule has 116 valence electrons. The van der Waals surface area contributed by atoms with Gasteiger partial charge in [-0.25, -0.2) is 0 Å². The zero-order chi connectivity index (χ0) is 15.1. The van der Waals surface area contributed by atoms with Gasteiger partial charge in [-0.05, 0) is 63.2 Å². The Morgan fingerprint density at radius 2 is 2.19 bits per heavy atom. The lowest BCUT2D eigenvalue weighted by molar-refractivity contribution is -0.121. The Hall–Kier alpha value is -1.35. The van der Waals surface area contributed by atoms with Gasteiger partial charge >= 0.3 is 0 Å². The van der Waals surface area contributed by atoms with Crippen molar-refractivity contribution in [3.05, 3.63) is 35.4 Å². The number of hydrogen-bond acceptors (Lipinski definition) is 2. The summed E-state index contributed by atoms with van der Waals surface area (Å²) in [6.45, 7) is 5.33. The number of aryl methyl sites for hydroxylation is 2. The average Bonchev–Trinajstić information content (AvgIpc) is 2.46. The van der Waals surface area contributed by atoms with Crippen LogP contribution in [0.2, 0.25) is 0 Å². The second-order valence-electron chi connectivity index (χ2n) is 6.34. The van der Waals surface area contributed by atoms with Crippen molar-refractivity contribution >= 4 is 5.91 Å². The fourth-order valence-corrected chi connectivity index (χ4v) is 3.15. The van der Waals surface area contributed by atoms with E-state index < -0.39 is 0 Å². The van der Waals surface area contributed by atoms with Crippen molar-refractivity contribution in [3.8, 4) is 0 Å². The number of carbonyl (C=O) groups is 1. The number of likely N-dealkylation sites (tertiary alicyclic amines) is 1. The van der Waals surface area contributed by atoms with E-state index in [2.05, 4.69) is 36.3 Å². The Balaban J connectivity index is 1.62. The van der Waals surface area contributed by atoms with Crippen LogP contribution in [-0.4, -0.2) is 37.5 Å². The molecule has 3 nitrogen and oxygen atoms in total. The minimum atomic E-state index is 0.183. The van der Waals surface area contributed by atoms with E-state index in [0.717, 1.165) is 25.3 Å². The predicted molar refractivity (Wildman–Crippen MR) is 87.3 cm³/mol. The Kier molecular flexibility index (Phi) is 6.24. The molecule has 1 amide bonds. The number of amides is 1. The second-order valence-corrected chi connectivity index (χ2v) is 6.34. The van der Waals surface area contributed by atoms with Crippen LogP contribution < -0.4 is 5.32 Å². The molecule has 1 aromatic carbocycles. The van der Waals surface area contributed by atoms with Gasteiger partial charge in [-0.15, -0.1) is 0 Å². The summed E-state index contributed by atoms with van der Waals surface area (Å²) in [5, 5.41) is 3.08. The summed E-state index contributed by atoms with van der Waals surface area (Å²) >= 11 is 0. The summed E-state index contributed by atoms with van der Waals surface area (Å²) in [6.07, 6.45) is 5.15. The van der Waals surface area contributed by atoms with Crippen LogP contribution in [0, 0.1) is 12.8 Å². The van der Waals surface area contributed by atoms with Gasteiger partial charge in [-0.3, -0.25) is 4.79 Å². The van der Waals surface area contributed by atoms with Gasteiger partial charge in [0.2, 0.25) is 5.91 Å². The van der Waals surface area contributed by atoms with E-state index in [9.17, 15) is 4.79 Å². The predicted octanol–water partition coefficient (Wildman–Crippen LogP) is 2.78. The molecule has 0 saturated carbocycles. The molecule has 1 saturated heterocycles. The van der Waals surface area contributed by atoms with E-state index in [1.54, 1.807) is 0 Å². The van der Waals surface area contributed by atoms with E-state index >= 15 is 0 Å². The minimum Gasteiger partial charge on any atom is -0.356 e. The number of carbonyl (C=O) groups excluding carboxylic acids is 1. The van der Waals surface area contributed by atoms with Crippen LogP contribution in [0.3, 0.4) is 0 Å². The maximum absolute atomic E-state index is 11.9. The van der Waals surface area contributed by atoms with Crippen molar-refractivity contribution in [1.82, 2.24) is 10.2 Å². The molecular weight excluding hydrogens is 260 g/mol. The molecule has 1 aliphatic heterocycles. The van der Waals surface area contributed by atoms with Crippen LogP contribution in [0.4, 0.5) is 0 Å². The molecule has 3 heteroatoms. The van der Waals surface area contributed by atoms with E-state index in [1.807, 2.05) is 12.1 Å². The van der Waals surface area contributed by atoms with Gasteiger partial charge in [0.1, 0.15) is 0 Å². The summed E-state index contributed by atoms with van der Waals surface area (Å²) < 4.78 is 0. The quantitative estimate of drug-likeness (QED) is 0.873. The molecule has 0 radical (unpaired) electrons. The summed E-state index contributed by atoms with van der Waals surface area (Å²) in [5.41, 5.74) is 2.55. The first-order valence-corrected chi connectivity index (χ1v) is 8.15. The van der Waals surface area contributed by atoms with Crippen molar-refractivity contribution < 1.29 is 4.79 Å². The molecule has 1 heterocycles. The van der Waals surface area contributed by atoms with Crippen molar-refractivity contribution in [2.45, 2.75) is 39.0 Å². The third kappa shape index (κ3) is 5.50. The Bertz CT molecular complexity index is 458. The molecule has 0 bridgehead atoms. The molecule has 1 fully saturated rings. The summed E-state index contributed by atoms with van der Waals surface area (Å²) in [4.78, 5) is 14.3. The minimum absolute atomic E-state index is 0.183. The van der Waals surface area contributed by atoms with E-state index in [4.69, 9.17) is 0 Å². The lowest BCUT2D eigenvalue weighted by Gasteiger charge is -2.29. The zero-order valence-corrected chi connectivity index (χ0v) is 13.4. The molecule has 0 aromatic heterocycles. The van der Waals surface area contributed by atoms with E-state index in [1.165, 1.54) is 37.1 Å². The Morgan fingerprint density at radius 1 is 1.38 bits per heavy atom. The molecular formula is C18H28N2O. The fourth-order valence-electron chi connectivity index (χ4n) is 3.15. The van der Waals surface area contributed by atoms with Gasteiger partial charge in [0, 0.05) is 19.5 Å². The first-order chi connectivity index (χ1) is 10.1. The summed E-state index contributed by atoms with van der Waals surface area (Å²) in [6, 6.07) is 8.30. The van der Waals surface area contributed by atoms with Crippen molar-refractivity contribution in [1.29, 1.82) is 0 Å². The highest BCUT2D eigenvalue weighted by atomic mass is 16.1. The van der Waals surface area contributed by atoms with Crippen LogP contribution in [-0.2, 0) is 11.2 Å². The van der Waals surface area contributed by atoms with Gasteiger partial charge in [0.25, 0.3) is 0 Å². The molecule has 21 heavy (non-hydrogen) atoms. The maximum Gasteiger partial charge on any atom is 0.220 e. The number of nitrogens with one attached hydrogen (secondary N) is 1. The Labute approximate surface area is 128 Å². The number of rotatable bonds is 6. The summed E-state index contributed by atoms with van der Waals surface area (Å²) in [5.74, 6) is 0.933. The maximum atomic E-state index is 11.9. The van der Waals surface area contributed by atoms with E-state index in [-0.39, 0.29) is 5.91 Å². The first-order valence-electron chi connectivity index (χ1n) is 8.15. The highest BCUT2D eigenvalue weighted by molar-refractivity contribution is 5.76. The molecule has 1 aromatic rings. The summed E-state index contributed by atoms with van der Waals surface area (Å²) in [7, 11) is 2.19. The molecule has 1 unspecified atom stereocenters. The smallest absolute Gasteiger partial charge is 0.220 e. The monoisotopic (exact) mass is 288 g/mol. The number of nitrogens with zero attached hydrogens (tertiary/aromatic N) is 1. The highest BCUT2D eigenvalue weighted by Gasteiger charge is 2.16. The lowest BCUT2D eigenvalue weighted by atomic mass is 9.95. The lowest BCUT2D eigenvalue weighted by Crippen LogP contribution is -2.34. The SMILES string of the molecule is Cc1ccccc1CCC(=O)NCCC1CCCN(C)C1. The van der Waals surface area contributed by atoms with Gasteiger partial charge in [0.05, 0.1) is 0 Å². The molecule has 1 N–H and O–H groups in total. The van der Waals surface area contributed by atoms with Crippen LogP contribution >= 0.6 is 0 Å². The topological polar surface area (TPSA) is 32.3 Å². The number of piperidine rings is 1. The van der Waals surface area contributed by atoms with Gasteiger partial charge < -0.3 is 10.2 Å². The van der Waals surface area contributed by atoms with Crippen LogP contribution in [0.25, 0.3) is 0 Å². The van der Waals surface area contributed by atoms with Gasteiger partial charge in [0.15, 0.2) is 0 Å².